The van der Waals surface area contributed by atoms with Crippen molar-refractivity contribution in [1.82, 2.24) is 50.6 Å². The van der Waals surface area contributed by atoms with Crippen molar-refractivity contribution in [3.05, 3.63) is 90.3 Å². The van der Waals surface area contributed by atoms with Crippen LogP contribution in [0.2, 0.25) is 0 Å². The number of carbonyl (C=O) groups excluding carboxylic acids is 2. The number of nitrogens with zero attached hydrogens (tertiary/aromatic N) is 9. The summed E-state index contributed by atoms with van der Waals surface area (Å²) in [6, 6.07) is 17.4. The van der Waals surface area contributed by atoms with Crippen molar-refractivity contribution in [3.63, 3.8) is 0 Å². The molecule has 15 nitrogen and oxygen atoms in total. The second kappa shape index (κ2) is 17.2. The van der Waals surface area contributed by atoms with Crippen LogP contribution < -0.4 is 20.8 Å². The van der Waals surface area contributed by atoms with Crippen molar-refractivity contribution in [2.45, 2.75) is 6.92 Å². The number of thiazole rings is 1. The molecule has 5 heterocycles. The van der Waals surface area contributed by atoms with E-state index in [2.05, 4.69) is 41.2 Å². The minimum atomic E-state index is -10.7. The Labute approximate surface area is 325 Å². The zero-order valence-electron chi connectivity index (χ0n) is 31.2. The molecule has 0 saturated carbocycles. The van der Waals surface area contributed by atoms with Crippen LogP contribution in [0.5, 0.6) is 0 Å². The number of benzene rings is 1. The van der Waals surface area contributed by atoms with E-state index < -0.39 is 7.81 Å². The van der Waals surface area contributed by atoms with Crippen LogP contribution in [0.4, 0.5) is 35.8 Å². The molecule has 0 spiro atoms. The summed E-state index contributed by atoms with van der Waals surface area (Å²) in [4.78, 5) is 50.6. The van der Waals surface area contributed by atoms with E-state index >= 15 is 0 Å². The second-order valence-electron chi connectivity index (χ2n) is 12.0. The van der Waals surface area contributed by atoms with E-state index in [1.807, 2.05) is 92.4 Å². The Morgan fingerprint density at radius 1 is 0.930 bits per heavy atom. The Morgan fingerprint density at radius 2 is 1.63 bits per heavy atom. The Hall–Kier alpha value is -6.28. The van der Waals surface area contributed by atoms with Gasteiger partial charge in [-0.1, -0.05) is 30.3 Å². The number of pyridine rings is 3. The van der Waals surface area contributed by atoms with Gasteiger partial charge in [0, 0.05) is 66.0 Å². The van der Waals surface area contributed by atoms with Crippen LogP contribution in [0.25, 0.3) is 44.1 Å². The second-order valence-corrected chi connectivity index (χ2v) is 14.7. The fraction of sp³-hybridized carbons (Fsp3) is 0.206. The predicted octanol–water partition coefficient (Wildman–Crippen LogP) is 7.26. The quantitative estimate of drug-likeness (QED) is 0.0490. The van der Waals surface area contributed by atoms with Crippen molar-refractivity contribution >= 4 is 54.1 Å². The van der Waals surface area contributed by atoms with Crippen LogP contribution in [0.15, 0.2) is 84.8 Å². The number of nitrogens with one attached hydrogen (secondary N) is 3. The average Bonchev–Trinajstić information content (AvgIpc) is 3.81. The summed E-state index contributed by atoms with van der Waals surface area (Å²) in [7, 11) is -1.52. The van der Waals surface area contributed by atoms with Gasteiger partial charge in [-0.25, -0.2) is 29.2 Å². The Morgan fingerprint density at radius 3 is 2.26 bits per heavy atom. The average molecular weight is 839 g/mol. The molecular weight excluding hydrogens is 801 g/mol. The number of fused-ring (bicyclic) bond motifs is 1. The summed E-state index contributed by atoms with van der Waals surface area (Å²) in [5, 5.41) is 18.7. The molecule has 3 N–H and O–H groups in total. The fourth-order valence-corrected chi connectivity index (χ4v) is 5.55. The molecule has 5 aromatic heterocycles. The monoisotopic (exact) mass is 838 g/mol. The molecule has 3 amide bonds. The summed E-state index contributed by atoms with van der Waals surface area (Å²) in [6.45, 7) is 2.34. The zero-order valence-corrected chi connectivity index (χ0v) is 32.9. The predicted molar refractivity (Wildman–Crippen MR) is 206 cm³/mol. The number of aromatic nitrogens is 7. The summed E-state index contributed by atoms with van der Waals surface area (Å²) >= 11 is 1.49. The van der Waals surface area contributed by atoms with E-state index in [4.69, 9.17) is 9.82 Å². The van der Waals surface area contributed by atoms with Crippen LogP contribution in [-0.2, 0) is 0 Å². The van der Waals surface area contributed by atoms with Crippen molar-refractivity contribution in [2.75, 3.05) is 47.1 Å². The molecule has 0 aliphatic carbocycles. The first-order valence-electron chi connectivity index (χ1n) is 16.5. The van der Waals surface area contributed by atoms with Gasteiger partial charge in [-0.05, 0) is 41.2 Å². The number of rotatable bonds is 7. The van der Waals surface area contributed by atoms with Crippen molar-refractivity contribution in [3.8, 4) is 33.0 Å². The SMILES string of the molecule is CCNC(=O)Nc1cc(-c2nc(-c3ccccc3)cs2)c(-c2cncc(C(=O)NC)c2)cn1.CN(C)C(On1nnc2cccnc21)=[N+](C)C.F[P-](F)(F)(F)(F)F. The van der Waals surface area contributed by atoms with E-state index in [-0.39, 0.29) is 11.9 Å². The third-order valence-electron chi connectivity index (χ3n) is 6.94. The molecule has 57 heavy (non-hydrogen) atoms. The van der Waals surface area contributed by atoms with E-state index in [9.17, 15) is 34.8 Å². The molecule has 0 unspecified atom stereocenters. The third-order valence-corrected chi connectivity index (χ3v) is 7.82. The molecule has 6 aromatic rings. The van der Waals surface area contributed by atoms with E-state index in [0.29, 0.717) is 35.1 Å². The number of amidine groups is 1. The molecule has 0 aliphatic heterocycles. The molecule has 1 aromatic carbocycles. The number of anilines is 1. The van der Waals surface area contributed by atoms with Gasteiger partial charge >= 0.3 is 45.0 Å². The maximum atomic E-state index is 12.1. The van der Waals surface area contributed by atoms with Gasteiger partial charge in [0.1, 0.15) is 16.3 Å². The van der Waals surface area contributed by atoms with Gasteiger partial charge in [0.2, 0.25) is 5.65 Å². The molecule has 304 valence electrons. The Bertz CT molecular complexity index is 2360. The summed E-state index contributed by atoms with van der Waals surface area (Å²) in [5.41, 5.74) is 5.85. The summed E-state index contributed by atoms with van der Waals surface area (Å²) in [5.74, 6) is 0.167. The van der Waals surface area contributed by atoms with Crippen molar-refractivity contribution in [2.24, 2.45) is 0 Å². The summed E-state index contributed by atoms with van der Waals surface area (Å²) < 4.78 is 61.0. The molecule has 23 heteroatoms. The number of urea groups is 1. The normalized spacial score (nSPS) is 12.0. The van der Waals surface area contributed by atoms with Gasteiger partial charge in [-0.3, -0.25) is 19.9 Å². The molecule has 0 saturated heterocycles. The molecular formula is C34H37F6N12O3PS. The van der Waals surface area contributed by atoms with E-state index in [0.717, 1.165) is 33.0 Å². The van der Waals surface area contributed by atoms with E-state index in [1.54, 1.807) is 37.8 Å². The first-order valence-corrected chi connectivity index (χ1v) is 19.4. The molecule has 0 bridgehead atoms. The first kappa shape index (κ1) is 43.4. The van der Waals surface area contributed by atoms with Gasteiger partial charge in [0.05, 0.1) is 39.4 Å². The Kier molecular flexibility index (Phi) is 13.1. The number of hydrogen-bond donors (Lipinski definition) is 3. The number of hydrogen-bond acceptors (Lipinski definition) is 10. The molecule has 0 aliphatic rings. The minimum absolute atomic E-state index is 0.228. The zero-order chi connectivity index (χ0) is 42.0. The number of carbonyl (C=O) groups is 2. The summed E-state index contributed by atoms with van der Waals surface area (Å²) in [6.07, 6.45) is 6.52. The third kappa shape index (κ3) is 13.8. The van der Waals surface area contributed by atoms with Gasteiger partial charge in [-0.2, -0.15) is 0 Å². The standard InChI is InChI=1S/C24H22N6O2S.C10H15N6O.F6P/c1-3-27-24(32)30-21-10-18(23-29-20(14-33-23)15-7-5-4-6-8-15)19(13-28-21)16-9-17(12-26-11-16)22(31)25-2;1-14(2)10(15(3)4)17-16-9-8(12-13-16)6-5-7-11-9;1-7(2,3,4,5)6/h4-14H,3H2,1-2H3,(H,25,31)(H2,27,28,30,32);5-7H,1-4H3;/q;+1;-1. The molecule has 6 rings (SSSR count). The first-order chi connectivity index (χ1) is 26.6. The topological polar surface area (TPSA) is 168 Å². The van der Waals surface area contributed by atoms with Crippen LogP contribution in [0.3, 0.4) is 0 Å². The van der Waals surface area contributed by atoms with E-state index in [1.165, 1.54) is 22.4 Å². The molecule has 0 fully saturated rings. The number of halogens is 6. The van der Waals surface area contributed by atoms with Crippen LogP contribution in [0.1, 0.15) is 17.3 Å². The van der Waals surface area contributed by atoms with Crippen LogP contribution >= 0.6 is 19.1 Å². The van der Waals surface area contributed by atoms with Crippen molar-refractivity contribution < 1.29 is 44.2 Å². The van der Waals surface area contributed by atoms with Gasteiger partial charge in [-0.15, -0.1) is 16.4 Å². The molecule has 0 radical (unpaired) electrons. The van der Waals surface area contributed by atoms with Crippen LogP contribution in [-0.4, -0.2) is 104 Å². The fourth-order valence-electron chi connectivity index (χ4n) is 4.69. The molecule has 0 atom stereocenters. The Balaban J connectivity index is 0.000000248. The van der Waals surface area contributed by atoms with Gasteiger partial charge in [0.25, 0.3) is 5.91 Å². The maximum absolute atomic E-state index is 12.1. The van der Waals surface area contributed by atoms with Gasteiger partial charge in [0.15, 0.2) is 0 Å². The van der Waals surface area contributed by atoms with Crippen LogP contribution in [0, 0.1) is 0 Å². The van der Waals surface area contributed by atoms with Crippen molar-refractivity contribution in [1.29, 1.82) is 0 Å². The number of amides is 3. The van der Waals surface area contributed by atoms with Gasteiger partial charge < -0.3 is 10.6 Å².